The quantitative estimate of drug-likeness (QED) is 0.678. The Kier molecular flexibility index (Phi) is 2.01. The van der Waals surface area contributed by atoms with Gasteiger partial charge in [0.2, 0.25) is 5.91 Å². The minimum Gasteiger partial charge on any atom is -0.480 e. The Morgan fingerprint density at radius 2 is 2.00 bits per heavy atom. The summed E-state index contributed by atoms with van der Waals surface area (Å²) in [5.74, 6) is -0.946. The molecule has 14 heavy (non-hydrogen) atoms. The molecule has 78 valence electrons. The summed E-state index contributed by atoms with van der Waals surface area (Å²) < 4.78 is 0. The van der Waals surface area contributed by atoms with Crippen LogP contribution in [0.1, 0.15) is 32.6 Å². The minimum atomic E-state index is -0.836. The zero-order valence-electron chi connectivity index (χ0n) is 8.32. The maximum Gasteiger partial charge on any atom is 0.326 e. The Morgan fingerprint density at radius 1 is 1.36 bits per heavy atom. The molecule has 1 N–H and O–H groups in total. The summed E-state index contributed by atoms with van der Waals surface area (Å²) >= 11 is 0. The number of carbonyl (C=O) groups excluding carboxylic acids is 1. The van der Waals surface area contributed by atoms with E-state index in [4.69, 9.17) is 5.11 Å². The average Bonchev–Trinajstić information content (AvgIpc) is 2.41. The maximum absolute atomic E-state index is 11.3. The van der Waals surface area contributed by atoms with E-state index >= 15 is 0 Å². The predicted molar refractivity (Wildman–Crippen MR) is 49.7 cm³/mol. The molecule has 1 heterocycles. The molecule has 1 amide bonds. The SMILES string of the molecule is CC(=O)N1CCC2(CCC2)C1C(=O)O. The molecule has 1 unspecified atom stereocenters. The molecule has 1 aliphatic carbocycles. The summed E-state index contributed by atoms with van der Waals surface area (Å²) in [6.45, 7) is 2.07. The Hall–Kier alpha value is -1.06. The van der Waals surface area contributed by atoms with Gasteiger partial charge >= 0.3 is 5.97 Å². The number of carboxylic acids is 1. The van der Waals surface area contributed by atoms with Gasteiger partial charge in [0.25, 0.3) is 0 Å². The highest BCUT2D eigenvalue weighted by atomic mass is 16.4. The lowest BCUT2D eigenvalue weighted by Gasteiger charge is -2.42. The van der Waals surface area contributed by atoms with Crippen LogP contribution in [0.3, 0.4) is 0 Å². The highest BCUT2D eigenvalue weighted by molar-refractivity contribution is 5.84. The van der Waals surface area contributed by atoms with Crippen molar-refractivity contribution in [1.29, 1.82) is 0 Å². The van der Waals surface area contributed by atoms with Crippen molar-refractivity contribution in [2.75, 3.05) is 6.54 Å². The van der Waals surface area contributed by atoms with Crippen molar-refractivity contribution >= 4 is 11.9 Å². The van der Waals surface area contributed by atoms with Gasteiger partial charge in [0.15, 0.2) is 0 Å². The van der Waals surface area contributed by atoms with Gasteiger partial charge in [-0.3, -0.25) is 4.79 Å². The second kappa shape index (κ2) is 2.97. The van der Waals surface area contributed by atoms with Gasteiger partial charge in [-0.15, -0.1) is 0 Å². The zero-order valence-corrected chi connectivity index (χ0v) is 8.32. The summed E-state index contributed by atoms with van der Waals surface area (Å²) in [7, 11) is 0. The van der Waals surface area contributed by atoms with Gasteiger partial charge in [0, 0.05) is 18.9 Å². The third-order valence-electron chi connectivity index (χ3n) is 3.73. The van der Waals surface area contributed by atoms with Gasteiger partial charge in [-0.05, 0) is 19.3 Å². The first kappa shape index (κ1) is 9.49. The van der Waals surface area contributed by atoms with Crippen LogP contribution in [0.15, 0.2) is 0 Å². The van der Waals surface area contributed by atoms with Crippen LogP contribution in [0.5, 0.6) is 0 Å². The number of rotatable bonds is 1. The summed E-state index contributed by atoms with van der Waals surface area (Å²) in [5.41, 5.74) is -0.0858. The molecular formula is C10H15NO3. The molecule has 0 aromatic carbocycles. The van der Waals surface area contributed by atoms with E-state index in [0.29, 0.717) is 6.54 Å². The summed E-state index contributed by atoms with van der Waals surface area (Å²) in [6.07, 6.45) is 3.90. The van der Waals surface area contributed by atoms with Crippen LogP contribution in [-0.2, 0) is 9.59 Å². The maximum atomic E-state index is 11.3. The van der Waals surface area contributed by atoms with Crippen molar-refractivity contribution in [3.05, 3.63) is 0 Å². The molecule has 1 aliphatic heterocycles. The van der Waals surface area contributed by atoms with Crippen LogP contribution >= 0.6 is 0 Å². The van der Waals surface area contributed by atoms with Crippen molar-refractivity contribution in [3.63, 3.8) is 0 Å². The molecular weight excluding hydrogens is 182 g/mol. The number of hydrogen-bond donors (Lipinski definition) is 1. The van der Waals surface area contributed by atoms with Crippen LogP contribution < -0.4 is 0 Å². The molecule has 2 rings (SSSR count). The van der Waals surface area contributed by atoms with Crippen molar-refractivity contribution in [3.8, 4) is 0 Å². The molecule has 0 aromatic heterocycles. The van der Waals surface area contributed by atoms with Crippen LogP contribution in [-0.4, -0.2) is 34.5 Å². The lowest BCUT2D eigenvalue weighted by atomic mass is 9.64. The molecule has 4 nitrogen and oxygen atoms in total. The molecule has 1 spiro atoms. The van der Waals surface area contributed by atoms with E-state index in [1.165, 1.54) is 11.8 Å². The number of carboxylic acid groups (broad SMARTS) is 1. The first-order chi connectivity index (χ1) is 6.57. The van der Waals surface area contributed by atoms with Gasteiger partial charge in [-0.2, -0.15) is 0 Å². The Balaban J connectivity index is 2.24. The Morgan fingerprint density at radius 3 is 2.36 bits per heavy atom. The summed E-state index contributed by atoms with van der Waals surface area (Å²) in [6, 6.07) is -0.561. The zero-order chi connectivity index (χ0) is 10.3. The second-order valence-electron chi connectivity index (χ2n) is 4.42. The molecule has 1 atom stereocenters. The Bertz CT molecular complexity index is 283. The molecule has 0 aromatic rings. The average molecular weight is 197 g/mol. The first-order valence-electron chi connectivity index (χ1n) is 5.07. The Labute approximate surface area is 82.9 Å². The van der Waals surface area contributed by atoms with Gasteiger partial charge in [0.1, 0.15) is 6.04 Å². The lowest BCUT2D eigenvalue weighted by Crippen LogP contribution is -2.50. The normalized spacial score (nSPS) is 28.9. The van der Waals surface area contributed by atoms with E-state index in [2.05, 4.69) is 0 Å². The van der Waals surface area contributed by atoms with E-state index in [1.54, 1.807) is 0 Å². The predicted octanol–water partition coefficient (Wildman–Crippen LogP) is 0.862. The summed E-state index contributed by atoms with van der Waals surface area (Å²) in [4.78, 5) is 23.9. The monoisotopic (exact) mass is 197 g/mol. The van der Waals surface area contributed by atoms with Gasteiger partial charge in [-0.25, -0.2) is 4.79 Å². The highest BCUT2D eigenvalue weighted by Crippen LogP contribution is 2.52. The lowest BCUT2D eigenvalue weighted by molar-refractivity contribution is -0.153. The minimum absolute atomic E-state index is 0.0858. The van der Waals surface area contributed by atoms with Gasteiger partial charge in [-0.1, -0.05) is 6.42 Å². The van der Waals surface area contributed by atoms with E-state index in [-0.39, 0.29) is 11.3 Å². The highest BCUT2D eigenvalue weighted by Gasteiger charge is 2.55. The van der Waals surface area contributed by atoms with Crippen LogP contribution in [0, 0.1) is 5.41 Å². The fourth-order valence-electron chi connectivity index (χ4n) is 2.83. The van der Waals surface area contributed by atoms with E-state index in [1.807, 2.05) is 0 Å². The number of nitrogens with zero attached hydrogens (tertiary/aromatic N) is 1. The number of aliphatic carboxylic acids is 1. The van der Waals surface area contributed by atoms with Crippen molar-refractivity contribution in [1.82, 2.24) is 4.90 Å². The number of likely N-dealkylation sites (tertiary alicyclic amines) is 1. The van der Waals surface area contributed by atoms with Crippen LogP contribution in [0.4, 0.5) is 0 Å². The topological polar surface area (TPSA) is 57.6 Å². The molecule has 4 heteroatoms. The van der Waals surface area contributed by atoms with Crippen LogP contribution in [0.2, 0.25) is 0 Å². The standard InChI is InChI=1S/C10H15NO3/c1-7(12)11-6-5-10(3-2-4-10)8(11)9(13)14/h8H,2-6H2,1H3,(H,13,14). The fraction of sp³-hybridized carbons (Fsp3) is 0.800. The van der Waals surface area contributed by atoms with Crippen molar-refractivity contribution in [2.45, 2.75) is 38.6 Å². The first-order valence-corrected chi connectivity index (χ1v) is 5.07. The second-order valence-corrected chi connectivity index (χ2v) is 4.42. The summed E-state index contributed by atoms with van der Waals surface area (Å²) in [5, 5.41) is 9.14. The number of carbonyl (C=O) groups is 2. The molecule has 1 saturated carbocycles. The number of hydrogen-bond acceptors (Lipinski definition) is 2. The molecule has 0 radical (unpaired) electrons. The fourth-order valence-corrected chi connectivity index (χ4v) is 2.83. The van der Waals surface area contributed by atoms with E-state index in [0.717, 1.165) is 25.7 Å². The molecule has 1 saturated heterocycles. The third kappa shape index (κ3) is 1.13. The largest absolute Gasteiger partial charge is 0.480 e. The van der Waals surface area contributed by atoms with E-state index in [9.17, 15) is 9.59 Å². The third-order valence-corrected chi connectivity index (χ3v) is 3.73. The van der Waals surface area contributed by atoms with Gasteiger partial charge < -0.3 is 10.0 Å². The van der Waals surface area contributed by atoms with Gasteiger partial charge in [0.05, 0.1) is 0 Å². The molecule has 2 aliphatic rings. The van der Waals surface area contributed by atoms with Crippen molar-refractivity contribution in [2.24, 2.45) is 5.41 Å². The van der Waals surface area contributed by atoms with Crippen LogP contribution in [0.25, 0.3) is 0 Å². The smallest absolute Gasteiger partial charge is 0.326 e. The molecule has 0 bridgehead atoms. The van der Waals surface area contributed by atoms with E-state index < -0.39 is 12.0 Å². The van der Waals surface area contributed by atoms with Crippen molar-refractivity contribution < 1.29 is 14.7 Å². The number of amides is 1. The molecule has 2 fully saturated rings.